The molecule has 244 valence electrons. The van der Waals surface area contributed by atoms with Gasteiger partial charge in [-0.1, -0.05) is 163 Å². The van der Waals surface area contributed by atoms with E-state index in [1.54, 1.807) is 0 Å². The average Bonchev–Trinajstić information content (AvgIpc) is 2.87. The normalized spacial score (nSPS) is 12.1. The van der Waals surface area contributed by atoms with Gasteiger partial charge in [-0.05, 0) is 96.8 Å². The van der Waals surface area contributed by atoms with Crippen LogP contribution in [0.3, 0.4) is 0 Å². The summed E-state index contributed by atoms with van der Waals surface area (Å²) in [6.07, 6.45) is 14.5. The minimum atomic E-state index is 0.731. The highest BCUT2D eigenvalue weighted by atomic mass is 14.2. The van der Waals surface area contributed by atoms with E-state index >= 15 is 0 Å². The lowest BCUT2D eigenvalue weighted by Gasteiger charge is -2.26. The van der Waals surface area contributed by atoms with Crippen molar-refractivity contribution in [2.75, 3.05) is 0 Å². The Morgan fingerprint density at radius 1 is 0.475 bits per heavy atom. The van der Waals surface area contributed by atoms with Gasteiger partial charge >= 0.3 is 0 Å². The second-order valence-electron chi connectivity index (χ2n) is 13.5. The zero-order chi connectivity index (χ0) is 33.4. The van der Waals surface area contributed by atoms with E-state index in [1.807, 2.05) is 26.0 Å². The van der Waals surface area contributed by atoms with E-state index in [4.69, 9.17) is 0 Å². The van der Waals surface area contributed by atoms with Gasteiger partial charge in [0.25, 0.3) is 0 Å². The summed E-state index contributed by atoms with van der Waals surface area (Å²) < 4.78 is 0. The van der Waals surface area contributed by atoms with Crippen LogP contribution >= 0.6 is 0 Å². The van der Waals surface area contributed by atoms with Gasteiger partial charge in [0.05, 0.1) is 0 Å². The zero-order valence-electron chi connectivity index (χ0n) is 32.5. The van der Waals surface area contributed by atoms with Crippen LogP contribution in [0.4, 0.5) is 0 Å². The summed E-state index contributed by atoms with van der Waals surface area (Å²) in [5.41, 5.74) is 4.13. The predicted molar refractivity (Wildman–Crippen MR) is 196 cm³/mol. The summed E-state index contributed by atoms with van der Waals surface area (Å²) in [5, 5.41) is 0. The first-order chi connectivity index (χ1) is 18.2. The quantitative estimate of drug-likeness (QED) is 0.203. The summed E-state index contributed by atoms with van der Waals surface area (Å²) in [4.78, 5) is 0. The molecule has 0 aliphatic carbocycles. The van der Waals surface area contributed by atoms with E-state index in [1.165, 1.54) is 36.0 Å². The number of rotatable bonds is 8. The Kier molecular flexibility index (Phi) is 49.0. The van der Waals surface area contributed by atoms with E-state index in [2.05, 4.69) is 157 Å². The van der Waals surface area contributed by atoms with Crippen LogP contribution < -0.4 is 0 Å². The molecule has 3 atom stereocenters. The largest absolute Gasteiger partial charge is 0.0919 e. The lowest BCUT2D eigenvalue weighted by atomic mass is 9.80. The SMILES string of the molecule is CC(C)=CC(C)C(C)C.CC(C)=CC=C(C)C.CC(C)C(C)C(C)C(C)C.CC=CC.CCC(C)C.CCCC. The van der Waals surface area contributed by atoms with Crippen molar-refractivity contribution in [3.63, 3.8) is 0 Å². The highest BCUT2D eigenvalue weighted by Crippen LogP contribution is 2.25. The van der Waals surface area contributed by atoms with Crippen molar-refractivity contribution in [2.24, 2.45) is 41.4 Å². The molecule has 0 aromatic rings. The summed E-state index contributed by atoms with van der Waals surface area (Å²) in [5.74, 6) is 5.78. The molecule has 0 nitrogen and oxygen atoms in total. The van der Waals surface area contributed by atoms with Crippen molar-refractivity contribution >= 4 is 0 Å². The number of allylic oxidation sites excluding steroid dienone is 8. The van der Waals surface area contributed by atoms with Crippen LogP contribution in [0.1, 0.15) is 172 Å². The van der Waals surface area contributed by atoms with Crippen molar-refractivity contribution < 1.29 is 0 Å². The molecule has 0 rings (SSSR count). The average molecular weight is 565 g/mol. The van der Waals surface area contributed by atoms with Gasteiger partial charge in [0.2, 0.25) is 0 Å². The molecule has 0 spiro atoms. The van der Waals surface area contributed by atoms with E-state index in [0.29, 0.717) is 0 Å². The van der Waals surface area contributed by atoms with E-state index < -0.39 is 0 Å². The fraction of sp³-hybridized carbons (Fsp3) is 0.800. The van der Waals surface area contributed by atoms with Crippen LogP contribution in [0.5, 0.6) is 0 Å². The van der Waals surface area contributed by atoms with Crippen LogP contribution in [0.15, 0.2) is 47.1 Å². The smallest absolute Gasteiger partial charge is 0.0236 e. The third kappa shape index (κ3) is 61.1. The van der Waals surface area contributed by atoms with Crippen LogP contribution in [0.25, 0.3) is 0 Å². The zero-order valence-corrected chi connectivity index (χ0v) is 32.5. The van der Waals surface area contributed by atoms with Crippen molar-refractivity contribution in [3.05, 3.63) is 47.1 Å². The van der Waals surface area contributed by atoms with Gasteiger partial charge in [-0.25, -0.2) is 0 Å². The summed E-state index contributed by atoms with van der Waals surface area (Å²) in [7, 11) is 0. The molecule has 0 heteroatoms. The molecule has 0 aromatic carbocycles. The summed E-state index contributed by atoms with van der Waals surface area (Å²) >= 11 is 0. The van der Waals surface area contributed by atoms with E-state index in [-0.39, 0.29) is 0 Å². The van der Waals surface area contributed by atoms with Gasteiger partial charge in [0.15, 0.2) is 0 Å². The van der Waals surface area contributed by atoms with Crippen LogP contribution in [0, 0.1) is 41.4 Å². The van der Waals surface area contributed by atoms with Crippen molar-refractivity contribution in [3.8, 4) is 0 Å². The van der Waals surface area contributed by atoms with Gasteiger partial charge in [-0.3, -0.25) is 0 Å². The Morgan fingerprint density at radius 2 is 0.750 bits per heavy atom. The monoisotopic (exact) mass is 565 g/mol. The van der Waals surface area contributed by atoms with Gasteiger partial charge in [-0.15, -0.1) is 0 Å². The number of hydrogen-bond acceptors (Lipinski definition) is 0. The second kappa shape index (κ2) is 38.0. The molecule has 0 amide bonds. The van der Waals surface area contributed by atoms with E-state index in [0.717, 1.165) is 41.4 Å². The third-order valence-corrected chi connectivity index (χ3v) is 6.98. The Hall–Kier alpha value is -1.04. The molecule has 0 bridgehead atoms. The lowest BCUT2D eigenvalue weighted by molar-refractivity contribution is 0.235. The van der Waals surface area contributed by atoms with E-state index in [9.17, 15) is 0 Å². The predicted octanol–water partition coefficient (Wildman–Crippen LogP) is 15.2. The molecule has 0 radical (unpaired) electrons. The van der Waals surface area contributed by atoms with Crippen molar-refractivity contribution in [1.29, 1.82) is 0 Å². The maximum atomic E-state index is 2.36. The Morgan fingerprint density at radius 3 is 0.825 bits per heavy atom. The number of hydrogen-bond donors (Lipinski definition) is 0. The molecule has 0 aliphatic rings. The van der Waals surface area contributed by atoms with Gasteiger partial charge in [0, 0.05) is 0 Å². The molecule has 0 aromatic heterocycles. The van der Waals surface area contributed by atoms with Gasteiger partial charge in [-0.2, -0.15) is 0 Å². The Labute approximate surface area is 259 Å². The van der Waals surface area contributed by atoms with Gasteiger partial charge in [0.1, 0.15) is 0 Å². The first-order valence-electron chi connectivity index (χ1n) is 16.7. The fourth-order valence-corrected chi connectivity index (χ4v) is 2.27. The highest BCUT2D eigenvalue weighted by molar-refractivity contribution is 5.12. The van der Waals surface area contributed by atoms with Gasteiger partial charge < -0.3 is 0 Å². The summed E-state index contributed by atoms with van der Waals surface area (Å²) in [6.45, 7) is 48.4. The molecule has 40 heavy (non-hydrogen) atoms. The fourth-order valence-electron chi connectivity index (χ4n) is 2.27. The molecule has 3 unspecified atom stereocenters. The number of unbranched alkanes of at least 4 members (excludes halogenated alkanes) is 1. The third-order valence-electron chi connectivity index (χ3n) is 6.98. The first kappa shape index (κ1) is 51.7. The lowest BCUT2D eigenvalue weighted by Crippen LogP contribution is -2.18. The molecule has 0 heterocycles. The van der Waals surface area contributed by atoms with Crippen molar-refractivity contribution in [2.45, 2.75) is 172 Å². The molecular weight excluding hydrogens is 480 g/mol. The first-order valence-corrected chi connectivity index (χ1v) is 16.7. The minimum absolute atomic E-state index is 0.731. The Balaban J connectivity index is -0.0000000899. The molecule has 0 fully saturated rings. The standard InChI is InChI=1S/C10H22.C9H18.C8H14.C5H12.C4H10.C4H8/c1-7(2)9(5)10(6)8(3)4;1-7(2)6-9(5)8(3)4;1-7(2)5-6-8(3)4;1-4-5(2)3;2*1-3-4-2/h7-10H,1-6H3;6,8-9H,1-5H3;5-6H,1-4H3;5H,4H2,1-3H3;3-4H2,1-2H3;3-4H,1-2H3. The molecular formula is C40H84. The molecule has 0 N–H and O–H groups in total. The van der Waals surface area contributed by atoms with Crippen LogP contribution in [0.2, 0.25) is 0 Å². The highest BCUT2D eigenvalue weighted by Gasteiger charge is 2.17. The molecule has 0 aliphatic heterocycles. The molecule has 0 saturated heterocycles. The second-order valence-corrected chi connectivity index (χ2v) is 13.5. The maximum absolute atomic E-state index is 2.36. The summed E-state index contributed by atoms with van der Waals surface area (Å²) in [6, 6.07) is 0. The minimum Gasteiger partial charge on any atom is -0.0919 e. The topological polar surface area (TPSA) is 0 Å². The van der Waals surface area contributed by atoms with Crippen LogP contribution in [-0.4, -0.2) is 0 Å². The Bertz CT molecular complexity index is 531. The molecule has 0 saturated carbocycles. The van der Waals surface area contributed by atoms with Crippen LogP contribution in [-0.2, 0) is 0 Å². The van der Waals surface area contributed by atoms with Crippen molar-refractivity contribution in [1.82, 2.24) is 0 Å². The maximum Gasteiger partial charge on any atom is -0.0236 e.